The molecule has 43 heavy (non-hydrogen) atoms. The van der Waals surface area contributed by atoms with Gasteiger partial charge in [0, 0.05) is 57.5 Å². The highest BCUT2D eigenvalue weighted by molar-refractivity contribution is 5.96. The van der Waals surface area contributed by atoms with E-state index in [0.717, 1.165) is 37.5 Å². The van der Waals surface area contributed by atoms with E-state index in [2.05, 4.69) is 24.8 Å². The normalized spacial score (nSPS) is 21.1. The molecule has 230 valence electrons. The summed E-state index contributed by atoms with van der Waals surface area (Å²) in [4.78, 5) is 33.1. The fraction of sp³-hybridized carbons (Fsp3) is 0.486. The molecule has 4 aliphatic rings. The van der Waals surface area contributed by atoms with Gasteiger partial charge in [-0.2, -0.15) is 0 Å². The van der Waals surface area contributed by atoms with E-state index in [1.807, 2.05) is 46.2 Å². The van der Waals surface area contributed by atoms with Gasteiger partial charge < -0.3 is 24.0 Å². The monoisotopic (exact) mass is 587 g/mol. The van der Waals surface area contributed by atoms with Gasteiger partial charge in [0.2, 0.25) is 11.7 Å². The third-order valence-electron chi connectivity index (χ3n) is 9.74. The minimum absolute atomic E-state index is 0.0355. The summed E-state index contributed by atoms with van der Waals surface area (Å²) in [5.41, 5.74) is 3.18. The number of hydrogen-bond acceptors (Lipinski definition) is 6. The van der Waals surface area contributed by atoms with Crippen molar-refractivity contribution in [2.24, 2.45) is 17.3 Å². The van der Waals surface area contributed by atoms with E-state index in [1.54, 1.807) is 39.5 Å². The Morgan fingerprint density at radius 2 is 1.65 bits per heavy atom. The quantitative estimate of drug-likeness (QED) is 0.272. The topological polar surface area (TPSA) is 71.6 Å². The van der Waals surface area contributed by atoms with E-state index in [0.29, 0.717) is 54.9 Å². The van der Waals surface area contributed by atoms with Crippen LogP contribution in [0.4, 0.5) is 0 Å². The summed E-state index contributed by atoms with van der Waals surface area (Å²) in [5.74, 6) is 2.63. The summed E-state index contributed by atoms with van der Waals surface area (Å²) >= 11 is 0. The Morgan fingerprint density at radius 3 is 2.23 bits per heavy atom. The Labute approximate surface area is 255 Å². The van der Waals surface area contributed by atoms with Crippen LogP contribution < -0.4 is 14.2 Å². The lowest BCUT2D eigenvalue weighted by Crippen LogP contribution is -2.52. The van der Waals surface area contributed by atoms with Crippen LogP contribution in [0.1, 0.15) is 42.6 Å². The van der Waals surface area contributed by atoms with Crippen molar-refractivity contribution < 1.29 is 23.8 Å². The van der Waals surface area contributed by atoms with Crippen molar-refractivity contribution in [1.29, 1.82) is 0 Å². The molecule has 2 amide bonds. The summed E-state index contributed by atoms with van der Waals surface area (Å²) in [6.45, 7) is 9.55. The third-order valence-corrected chi connectivity index (χ3v) is 9.74. The fourth-order valence-corrected chi connectivity index (χ4v) is 6.81. The highest BCUT2D eigenvalue weighted by atomic mass is 16.5. The molecule has 0 spiro atoms. The lowest BCUT2D eigenvalue weighted by molar-refractivity contribution is -0.127. The van der Waals surface area contributed by atoms with Gasteiger partial charge in [-0.3, -0.25) is 14.5 Å². The standard InChI is InChI=1S/C35H45N3O5/c1-35(2)28-13-12-26(29(35)23-28)24-38(34(40)27-21-30(41-3)33(43-5)31(22-27)42-4)20-17-36-15-18-37(19-16-36)32(39)14-11-25-9-7-6-8-10-25/h6-12,14,21-22,28-29H,13,15-20,23-24H2,1-5H3/b14-11+. The van der Waals surface area contributed by atoms with E-state index in [4.69, 9.17) is 14.2 Å². The van der Waals surface area contributed by atoms with Gasteiger partial charge in [0.25, 0.3) is 5.91 Å². The molecular weight excluding hydrogens is 542 g/mol. The largest absolute Gasteiger partial charge is 0.493 e. The number of allylic oxidation sites excluding steroid dienone is 1. The van der Waals surface area contributed by atoms with E-state index in [9.17, 15) is 9.59 Å². The van der Waals surface area contributed by atoms with Gasteiger partial charge in [0.05, 0.1) is 21.3 Å². The molecule has 2 aromatic rings. The third kappa shape index (κ3) is 6.59. The molecule has 2 fully saturated rings. The molecule has 8 nitrogen and oxygen atoms in total. The van der Waals surface area contributed by atoms with Crippen molar-refractivity contribution in [3.8, 4) is 17.2 Å². The molecule has 0 N–H and O–H groups in total. The van der Waals surface area contributed by atoms with Crippen molar-refractivity contribution in [1.82, 2.24) is 14.7 Å². The van der Waals surface area contributed by atoms with Crippen LogP contribution in [0.3, 0.4) is 0 Å². The number of rotatable bonds is 11. The van der Waals surface area contributed by atoms with Crippen LogP contribution in [0.15, 0.2) is 60.2 Å². The van der Waals surface area contributed by atoms with Gasteiger partial charge in [0.1, 0.15) is 0 Å². The number of carbonyl (C=O) groups excluding carboxylic acids is 2. The zero-order valence-electron chi connectivity index (χ0n) is 26.2. The van der Waals surface area contributed by atoms with Crippen molar-refractivity contribution in [2.45, 2.75) is 26.7 Å². The van der Waals surface area contributed by atoms with Crippen LogP contribution >= 0.6 is 0 Å². The van der Waals surface area contributed by atoms with Gasteiger partial charge in [-0.15, -0.1) is 0 Å². The molecule has 1 heterocycles. The maximum atomic E-state index is 14.1. The van der Waals surface area contributed by atoms with Gasteiger partial charge >= 0.3 is 0 Å². The van der Waals surface area contributed by atoms with Crippen molar-refractivity contribution in [3.05, 3.63) is 71.3 Å². The zero-order chi connectivity index (χ0) is 30.6. The van der Waals surface area contributed by atoms with Crippen LogP contribution in [0.25, 0.3) is 6.08 Å². The Morgan fingerprint density at radius 1 is 0.977 bits per heavy atom. The van der Waals surface area contributed by atoms with E-state index in [-0.39, 0.29) is 17.2 Å². The molecule has 2 aromatic carbocycles. The molecule has 1 aliphatic heterocycles. The first-order valence-corrected chi connectivity index (χ1v) is 15.3. The SMILES string of the molecule is COc1cc(C(=O)N(CCN2CCN(C(=O)/C=C/c3ccccc3)CC2)CC2=CCC3CC2C3(C)C)cc(OC)c1OC. The summed E-state index contributed by atoms with van der Waals surface area (Å²) in [6, 6.07) is 13.3. The summed E-state index contributed by atoms with van der Waals surface area (Å²) in [6.07, 6.45) is 8.19. The summed E-state index contributed by atoms with van der Waals surface area (Å²) in [7, 11) is 4.68. The second-order valence-electron chi connectivity index (χ2n) is 12.4. The Kier molecular flexibility index (Phi) is 9.45. The second-order valence-corrected chi connectivity index (χ2v) is 12.4. The maximum Gasteiger partial charge on any atom is 0.254 e. The first-order chi connectivity index (χ1) is 20.7. The Balaban J connectivity index is 1.26. The van der Waals surface area contributed by atoms with Crippen molar-refractivity contribution in [2.75, 3.05) is 67.1 Å². The first kappa shape index (κ1) is 30.7. The number of carbonyl (C=O) groups is 2. The number of nitrogens with zero attached hydrogens (tertiary/aromatic N) is 3. The van der Waals surface area contributed by atoms with Gasteiger partial charge in [0.15, 0.2) is 11.5 Å². The smallest absolute Gasteiger partial charge is 0.254 e. The van der Waals surface area contributed by atoms with E-state index >= 15 is 0 Å². The number of fused-ring (bicyclic) bond motifs is 1. The van der Waals surface area contributed by atoms with Gasteiger partial charge in [-0.25, -0.2) is 0 Å². The lowest BCUT2D eigenvalue weighted by Gasteiger charge is -2.57. The molecule has 8 heteroatoms. The first-order valence-electron chi connectivity index (χ1n) is 15.3. The number of benzene rings is 2. The summed E-state index contributed by atoms with van der Waals surface area (Å²) < 4.78 is 16.6. The van der Waals surface area contributed by atoms with Crippen molar-refractivity contribution >= 4 is 17.9 Å². The number of amides is 2. The highest BCUT2D eigenvalue weighted by Crippen LogP contribution is 2.59. The van der Waals surface area contributed by atoms with Crippen molar-refractivity contribution in [3.63, 3.8) is 0 Å². The zero-order valence-corrected chi connectivity index (χ0v) is 26.2. The second kappa shape index (κ2) is 13.2. The Hall–Kier alpha value is -3.78. The van der Waals surface area contributed by atoms with E-state index < -0.39 is 0 Å². The molecule has 3 aliphatic carbocycles. The predicted molar refractivity (Wildman–Crippen MR) is 169 cm³/mol. The average molecular weight is 588 g/mol. The number of piperazine rings is 1. The van der Waals surface area contributed by atoms with Crippen LogP contribution in [0, 0.1) is 17.3 Å². The van der Waals surface area contributed by atoms with Gasteiger partial charge in [-0.05, 0) is 53.9 Å². The molecule has 6 rings (SSSR count). The average Bonchev–Trinajstić information content (AvgIpc) is 3.05. The van der Waals surface area contributed by atoms with Crippen LogP contribution in [-0.2, 0) is 4.79 Å². The predicted octanol–water partition coefficient (Wildman–Crippen LogP) is 5.00. The highest BCUT2D eigenvalue weighted by Gasteiger charge is 2.51. The number of methoxy groups -OCH3 is 3. The number of hydrogen-bond donors (Lipinski definition) is 0. The van der Waals surface area contributed by atoms with Crippen LogP contribution in [0.2, 0.25) is 0 Å². The van der Waals surface area contributed by atoms with Crippen LogP contribution in [0.5, 0.6) is 17.2 Å². The molecule has 1 saturated carbocycles. The molecule has 1 saturated heterocycles. The Bertz CT molecular complexity index is 1340. The molecule has 2 bridgehead atoms. The van der Waals surface area contributed by atoms with Crippen LogP contribution in [-0.4, -0.2) is 93.7 Å². The molecule has 0 aromatic heterocycles. The minimum Gasteiger partial charge on any atom is -0.493 e. The molecule has 2 unspecified atom stereocenters. The lowest BCUT2D eigenvalue weighted by atomic mass is 9.49. The molecule has 0 radical (unpaired) electrons. The van der Waals surface area contributed by atoms with Gasteiger partial charge in [-0.1, -0.05) is 55.8 Å². The molecular formula is C35H45N3O5. The molecule has 2 atom stereocenters. The minimum atomic E-state index is -0.0562. The maximum absolute atomic E-state index is 14.1. The fourth-order valence-electron chi connectivity index (χ4n) is 6.81. The van der Waals surface area contributed by atoms with E-state index in [1.165, 1.54) is 12.0 Å². The summed E-state index contributed by atoms with van der Waals surface area (Å²) in [5, 5.41) is 0. The number of ether oxygens (including phenoxy) is 3.